The zero-order chi connectivity index (χ0) is 10.3. The lowest BCUT2D eigenvalue weighted by molar-refractivity contribution is -0.137. The molecule has 0 saturated carbocycles. The van der Waals surface area contributed by atoms with Crippen molar-refractivity contribution in [2.75, 3.05) is 0 Å². The van der Waals surface area contributed by atoms with Gasteiger partial charge in [-0.2, -0.15) is 23.4 Å². The van der Waals surface area contributed by atoms with Crippen LogP contribution in [0.1, 0.15) is 15.2 Å². The fraction of sp³-hybridized carbons (Fsp3) is 0.250. The molecule has 0 saturated heterocycles. The van der Waals surface area contributed by atoms with Crippen molar-refractivity contribution in [1.82, 2.24) is 0 Å². The highest BCUT2D eigenvalue weighted by molar-refractivity contribution is 14.1. The largest absolute Gasteiger partial charge is 0.418 e. The molecule has 2 nitrogen and oxygen atoms in total. The molecule has 0 aliphatic carbocycles. The van der Waals surface area contributed by atoms with Crippen LogP contribution in [-0.4, -0.2) is 0 Å². The second kappa shape index (κ2) is 3.18. The predicted octanol–water partition coefficient (Wildman–Crippen LogP) is 4.24. The number of benzene rings is 1. The van der Waals surface area contributed by atoms with Crippen molar-refractivity contribution in [2.24, 2.45) is 10.2 Å². The molecule has 1 aliphatic heterocycles. The molecule has 0 N–H and O–H groups in total. The molecule has 1 aromatic carbocycles. The summed E-state index contributed by atoms with van der Waals surface area (Å²) < 4.78 is 37.1. The van der Waals surface area contributed by atoms with Crippen molar-refractivity contribution in [3.8, 4) is 0 Å². The summed E-state index contributed by atoms with van der Waals surface area (Å²) in [5, 5.41) is 7.23. The number of fused-ring (bicyclic) bond motifs is 1. The van der Waals surface area contributed by atoms with Crippen LogP contribution in [0.25, 0.3) is 0 Å². The Kier molecular flexibility index (Phi) is 2.24. The van der Waals surface area contributed by atoms with Crippen molar-refractivity contribution in [3.05, 3.63) is 29.3 Å². The van der Waals surface area contributed by atoms with Gasteiger partial charge in [0.15, 0.2) is 0 Å². The van der Waals surface area contributed by atoms with Crippen LogP contribution in [0.2, 0.25) is 0 Å². The molecule has 1 aliphatic rings. The van der Waals surface area contributed by atoms with E-state index in [1.165, 1.54) is 6.07 Å². The summed E-state index contributed by atoms with van der Waals surface area (Å²) in [6.07, 6.45) is -4.36. The van der Waals surface area contributed by atoms with Crippen LogP contribution in [0.4, 0.5) is 18.9 Å². The molecule has 0 radical (unpaired) electrons. The van der Waals surface area contributed by atoms with Gasteiger partial charge in [0.2, 0.25) is 0 Å². The van der Waals surface area contributed by atoms with Crippen LogP contribution < -0.4 is 0 Å². The van der Waals surface area contributed by atoms with Crippen LogP contribution in [0, 0.1) is 0 Å². The van der Waals surface area contributed by atoms with Crippen molar-refractivity contribution < 1.29 is 13.2 Å². The number of hydrogen-bond donors (Lipinski definition) is 0. The number of rotatable bonds is 0. The maximum Gasteiger partial charge on any atom is 0.418 e. The molecule has 0 fully saturated rings. The number of halogens is 4. The first-order valence-electron chi connectivity index (χ1n) is 3.75. The molecule has 6 heteroatoms. The molecular formula is C8H4F3IN2. The Balaban J connectivity index is 2.60. The average Bonchev–Trinajstić information content (AvgIpc) is 2.46. The Bertz CT molecular complexity index is 400. The lowest BCUT2D eigenvalue weighted by Gasteiger charge is -2.09. The molecule has 0 bridgehead atoms. The maximum atomic E-state index is 12.5. The molecule has 0 unspecified atom stereocenters. The number of hydrogen-bond acceptors (Lipinski definition) is 2. The Hall–Kier alpha value is -0.660. The first kappa shape index (κ1) is 9.88. The van der Waals surface area contributed by atoms with Gasteiger partial charge < -0.3 is 0 Å². The minimum atomic E-state index is -4.36. The highest BCUT2D eigenvalue weighted by Crippen LogP contribution is 2.46. The van der Waals surface area contributed by atoms with Crippen LogP contribution in [0.15, 0.2) is 28.4 Å². The van der Waals surface area contributed by atoms with E-state index in [9.17, 15) is 13.2 Å². The first-order valence-corrected chi connectivity index (χ1v) is 5.00. The summed E-state index contributed by atoms with van der Waals surface area (Å²) in [6, 6.07) is 4.01. The van der Waals surface area contributed by atoms with Gasteiger partial charge in [0.1, 0.15) is 9.74 Å². The molecule has 1 aromatic rings. The van der Waals surface area contributed by atoms with E-state index in [2.05, 4.69) is 10.2 Å². The van der Waals surface area contributed by atoms with Crippen LogP contribution >= 0.6 is 22.6 Å². The molecule has 1 atom stereocenters. The molecule has 0 amide bonds. The second-order valence-electron chi connectivity index (χ2n) is 2.79. The van der Waals surface area contributed by atoms with E-state index in [0.29, 0.717) is 5.56 Å². The highest BCUT2D eigenvalue weighted by atomic mass is 127. The highest BCUT2D eigenvalue weighted by Gasteiger charge is 2.36. The van der Waals surface area contributed by atoms with E-state index >= 15 is 0 Å². The van der Waals surface area contributed by atoms with Gasteiger partial charge in [-0.15, -0.1) is 0 Å². The topological polar surface area (TPSA) is 24.7 Å². The smallest absolute Gasteiger partial charge is 0.170 e. The van der Waals surface area contributed by atoms with Gasteiger partial charge in [-0.25, -0.2) is 0 Å². The summed E-state index contributed by atoms with van der Waals surface area (Å²) in [7, 11) is 0. The third kappa shape index (κ3) is 1.51. The standard InChI is InChI=1S/C8H4F3IN2/c9-8(10,11)5-3-1-2-4-6(5)13-14-7(4)12/h1-3,7H/t7-/m1/s1. The summed E-state index contributed by atoms with van der Waals surface area (Å²) in [6.45, 7) is 0. The van der Waals surface area contributed by atoms with Crippen molar-refractivity contribution in [3.63, 3.8) is 0 Å². The molecule has 0 spiro atoms. The van der Waals surface area contributed by atoms with E-state index in [-0.39, 0.29) is 9.74 Å². The van der Waals surface area contributed by atoms with Gasteiger partial charge >= 0.3 is 6.18 Å². The maximum absolute atomic E-state index is 12.5. The SMILES string of the molecule is FC(F)(F)c1cccc2c1N=N[C@H]2I. The van der Waals surface area contributed by atoms with Gasteiger partial charge in [0.05, 0.1) is 5.56 Å². The summed E-state index contributed by atoms with van der Waals surface area (Å²) in [5.41, 5.74) is -0.224. The second-order valence-corrected chi connectivity index (χ2v) is 3.97. The van der Waals surface area contributed by atoms with Crippen molar-refractivity contribution in [1.29, 1.82) is 0 Å². The van der Waals surface area contributed by atoms with Crippen LogP contribution in [-0.2, 0) is 6.18 Å². The van der Waals surface area contributed by atoms with Crippen LogP contribution in [0.5, 0.6) is 0 Å². The van der Waals surface area contributed by atoms with E-state index in [1.807, 2.05) is 22.6 Å². The van der Waals surface area contributed by atoms with Gasteiger partial charge in [-0.05, 0) is 28.7 Å². The molecule has 74 valence electrons. The van der Waals surface area contributed by atoms with Gasteiger partial charge in [-0.3, -0.25) is 0 Å². The first-order chi connectivity index (χ1) is 6.50. The summed E-state index contributed by atoms with van der Waals surface area (Å²) >= 11 is 1.94. The van der Waals surface area contributed by atoms with Crippen LogP contribution in [0.3, 0.4) is 0 Å². The van der Waals surface area contributed by atoms with Crippen molar-refractivity contribution in [2.45, 2.75) is 10.2 Å². The Labute approximate surface area is 91.4 Å². The molecule has 14 heavy (non-hydrogen) atoms. The number of nitrogens with zero attached hydrogens (tertiary/aromatic N) is 2. The monoisotopic (exact) mass is 312 g/mol. The average molecular weight is 312 g/mol. The predicted molar refractivity (Wildman–Crippen MR) is 52.7 cm³/mol. The molecule has 1 heterocycles. The normalized spacial score (nSPS) is 19.9. The van der Waals surface area contributed by atoms with E-state index < -0.39 is 11.7 Å². The minimum absolute atomic E-state index is 0.0422. The fourth-order valence-electron chi connectivity index (χ4n) is 1.26. The van der Waals surface area contributed by atoms with Gasteiger partial charge in [0.25, 0.3) is 0 Å². The quantitative estimate of drug-likeness (QED) is 0.389. The lowest BCUT2D eigenvalue weighted by Crippen LogP contribution is -2.05. The zero-order valence-electron chi connectivity index (χ0n) is 6.72. The lowest BCUT2D eigenvalue weighted by atomic mass is 10.1. The minimum Gasteiger partial charge on any atom is -0.170 e. The van der Waals surface area contributed by atoms with E-state index in [4.69, 9.17) is 0 Å². The Morgan fingerprint density at radius 2 is 2.00 bits per heavy atom. The Morgan fingerprint density at radius 1 is 1.29 bits per heavy atom. The third-order valence-electron chi connectivity index (χ3n) is 1.89. The van der Waals surface area contributed by atoms with Gasteiger partial charge in [-0.1, -0.05) is 12.1 Å². The number of alkyl halides is 4. The number of azo groups is 1. The summed E-state index contributed by atoms with van der Waals surface area (Å²) in [5.74, 6) is 0. The molecule has 2 rings (SSSR count). The van der Waals surface area contributed by atoms with Crippen molar-refractivity contribution >= 4 is 28.3 Å². The fourth-order valence-corrected chi connectivity index (χ4v) is 1.89. The Morgan fingerprint density at radius 3 is 2.64 bits per heavy atom. The summed E-state index contributed by atoms with van der Waals surface area (Å²) in [4.78, 5) is 0. The van der Waals surface area contributed by atoms with E-state index in [0.717, 1.165) is 6.07 Å². The van der Waals surface area contributed by atoms with E-state index in [1.54, 1.807) is 6.07 Å². The molecular weight excluding hydrogens is 308 g/mol. The zero-order valence-corrected chi connectivity index (χ0v) is 8.87. The van der Waals surface area contributed by atoms with Gasteiger partial charge in [0, 0.05) is 5.56 Å². The third-order valence-corrected chi connectivity index (χ3v) is 2.81. The molecule has 0 aromatic heterocycles.